The molecule has 2 aromatic rings. The number of aromatic nitrogens is 1. The molecule has 1 aromatic heterocycles. The van der Waals surface area contributed by atoms with Crippen LogP contribution in [0.4, 0.5) is 4.39 Å². The van der Waals surface area contributed by atoms with Crippen molar-refractivity contribution in [3.63, 3.8) is 0 Å². The Labute approximate surface area is 135 Å². The lowest BCUT2D eigenvalue weighted by atomic mass is 9.96. The molecule has 0 saturated heterocycles. The summed E-state index contributed by atoms with van der Waals surface area (Å²) in [6, 6.07) is 5.93. The molecule has 1 atom stereocenters. The summed E-state index contributed by atoms with van der Waals surface area (Å²) in [6.45, 7) is 6.31. The van der Waals surface area contributed by atoms with Gasteiger partial charge in [-0.15, -0.1) is 0 Å². The number of hydrogen-bond donors (Lipinski definition) is 0. The van der Waals surface area contributed by atoms with Crippen LogP contribution in [0.5, 0.6) is 0 Å². The molecule has 0 N–H and O–H groups in total. The SMILES string of the molecule is CC(C)CC(C)CC(=O)OCc1ncc(-c2ccc(F)cc2)o1. The van der Waals surface area contributed by atoms with Crippen molar-refractivity contribution >= 4 is 5.97 Å². The van der Waals surface area contributed by atoms with E-state index in [2.05, 4.69) is 18.8 Å². The molecule has 0 spiro atoms. The molecule has 5 heteroatoms. The lowest BCUT2D eigenvalue weighted by Gasteiger charge is -2.12. The predicted octanol–water partition coefficient (Wildman–Crippen LogP) is 4.60. The third-order valence-corrected chi connectivity index (χ3v) is 3.43. The van der Waals surface area contributed by atoms with E-state index in [1.165, 1.54) is 18.3 Å². The number of halogens is 1. The summed E-state index contributed by atoms with van der Waals surface area (Å²) < 4.78 is 23.6. The Bertz CT molecular complexity index is 634. The van der Waals surface area contributed by atoms with Crippen molar-refractivity contribution in [1.82, 2.24) is 4.98 Å². The number of hydrogen-bond acceptors (Lipinski definition) is 4. The van der Waals surface area contributed by atoms with Crippen LogP contribution in [0.2, 0.25) is 0 Å². The summed E-state index contributed by atoms with van der Waals surface area (Å²) in [5.41, 5.74) is 0.724. The number of carbonyl (C=O) groups is 1. The number of esters is 1. The second-order valence-electron chi connectivity index (χ2n) is 6.22. The smallest absolute Gasteiger partial charge is 0.306 e. The highest BCUT2D eigenvalue weighted by Crippen LogP contribution is 2.21. The molecule has 0 aliphatic carbocycles. The van der Waals surface area contributed by atoms with Crippen molar-refractivity contribution in [3.8, 4) is 11.3 Å². The summed E-state index contributed by atoms with van der Waals surface area (Å²) in [7, 11) is 0. The molecule has 0 aliphatic rings. The molecule has 0 amide bonds. The van der Waals surface area contributed by atoms with Gasteiger partial charge in [-0.1, -0.05) is 20.8 Å². The van der Waals surface area contributed by atoms with Gasteiger partial charge in [0.15, 0.2) is 12.4 Å². The number of rotatable bonds is 7. The van der Waals surface area contributed by atoms with Crippen molar-refractivity contribution in [2.75, 3.05) is 0 Å². The minimum absolute atomic E-state index is 0.00836. The standard InChI is InChI=1S/C18H22FNO3/c1-12(2)8-13(3)9-18(21)22-11-17-20-10-16(23-17)14-4-6-15(19)7-5-14/h4-7,10,12-13H,8-9,11H2,1-3H3. The van der Waals surface area contributed by atoms with E-state index in [4.69, 9.17) is 9.15 Å². The van der Waals surface area contributed by atoms with Crippen molar-refractivity contribution in [3.05, 3.63) is 42.2 Å². The zero-order valence-corrected chi connectivity index (χ0v) is 13.7. The van der Waals surface area contributed by atoms with Gasteiger partial charge in [0.2, 0.25) is 5.89 Å². The highest BCUT2D eigenvalue weighted by atomic mass is 19.1. The van der Waals surface area contributed by atoms with Crippen LogP contribution in [0.25, 0.3) is 11.3 Å². The van der Waals surface area contributed by atoms with Gasteiger partial charge >= 0.3 is 5.97 Å². The lowest BCUT2D eigenvalue weighted by molar-refractivity contribution is -0.146. The molecular weight excluding hydrogens is 297 g/mol. The average molecular weight is 319 g/mol. The average Bonchev–Trinajstić information content (AvgIpc) is 2.94. The lowest BCUT2D eigenvalue weighted by Crippen LogP contribution is -2.11. The van der Waals surface area contributed by atoms with E-state index >= 15 is 0 Å². The Kier molecular flexibility index (Phi) is 5.90. The quantitative estimate of drug-likeness (QED) is 0.700. The molecule has 124 valence electrons. The molecule has 0 fully saturated rings. The molecule has 4 nitrogen and oxygen atoms in total. The Balaban J connectivity index is 1.85. The zero-order chi connectivity index (χ0) is 16.8. The third kappa shape index (κ3) is 5.51. The van der Waals surface area contributed by atoms with Crippen molar-refractivity contribution in [2.24, 2.45) is 11.8 Å². The van der Waals surface area contributed by atoms with E-state index in [1.54, 1.807) is 12.1 Å². The van der Waals surface area contributed by atoms with Gasteiger partial charge in [0.05, 0.1) is 6.20 Å². The highest BCUT2D eigenvalue weighted by molar-refractivity contribution is 5.69. The first-order chi connectivity index (χ1) is 10.9. The monoisotopic (exact) mass is 319 g/mol. The Hall–Kier alpha value is -2.17. The maximum absolute atomic E-state index is 12.9. The van der Waals surface area contributed by atoms with Gasteiger partial charge in [0.1, 0.15) is 5.82 Å². The molecule has 0 aliphatic heterocycles. The van der Waals surface area contributed by atoms with Crippen LogP contribution < -0.4 is 0 Å². The van der Waals surface area contributed by atoms with Gasteiger partial charge in [0, 0.05) is 12.0 Å². The minimum Gasteiger partial charge on any atom is -0.456 e. The minimum atomic E-state index is -0.307. The summed E-state index contributed by atoms with van der Waals surface area (Å²) in [4.78, 5) is 15.9. The molecule has 23 heavy (non-hydrogen) atoms. The van der Waals surface area contributed by atoms with Gasteiger partial charge in [-0.05, 0) is 42.5 Å². The third-order valence-electron chi connectivity index (χ3n) is 3.43. The zero-order valence-electron chi connectivity index (χ0n) is 13.7. The van der Waals surface area contributed by atoms with Crippen LogP contribution in [0, 0.1) is 17.7 Å². The molecule has 2 rings (SSSR count). The van der Waals surface area contributed by atoms with Gasteiger partial charge in [-0.25, -0.2) is 9.37 Å². The van der Waals surface area contributed by atoms with Crippen molar-refractivity contribution < 1.29 is 18.3 Å². The van der Waals surface area contributed by atoms with Gasteiger partial charge in [-0.2, -0.15) is 0 Å². The molecule has 1 unspecified atom stereocenters. The molecular formula is C18H22FNO3. The first-order valence-corrected chi connectivity index (χ1v) is 7.80. The number of benzene rings is 1. The van der Waals surface area contributed by atoms with E-state index in [1.807, 2.05) is 6.92 Å². The molecule has 0 bridgehead atoms. The predicted molar refractivity (Wildman–Crippen MR) is 84.9 cm³/mol. The first kappa shape index (κ1) is 17.2. The molecule has 0 saturated carbocycles. The first-order valence-electron chi connectivity index (χ1n) is 7.80. The van der Waals surface area contributed by atoms with Crippen molar-refractivity contribution in [2.45, 2.75) is 40.2 Å². The topological polar surface area (TPSA) is 52.3 Å². The summed E-state index contributed by atoms with van der Waals surface area (Å²) in [5, 5.41) is 0. The number of ether oxygens (including phenoxy) is 1. The number of carbonyl (C=O) groups excluding carboxylic acids is 1. The van der Waals surface area contributed by atoms with Crippen LogP contribution in [0.15, 0.2) is 34.9 Å². The highest BCUT2D eigenvalue weighted by Gasteiger charge is 2.14. The van der Waals surface area contributed by atoms with E-state index in [-0.39, 0.29) is 18.4 Å². The maximum atomic E-state index is 12.9. The van der Waals surface area contributed by atoms with Gasteiger partial charge in [-0.3, -0.25) is 4.79 Å². The Morgan fingerprint density at radius 2 is 1.96 bits per heavy atom. The largest absolute Gasteiger partial charge is 0.456 e. The van der Waals surface area contributed by atoms with E-state index in [9.17, 15) is 9.18 Å². The molecule has 0 radical (unpaired) electrons. The Morgan fingerprint density at radius 3 is 2.61 bits per heavy atom. The number of oxazole rings is 1. The number of nitrogens with zero attached hydrogens (tertiary/aromatic N) is 1. The fourth-order valence-electron chi connectivity index (χ4n) is 2.50. The van der Waals surface area contributed by atoms with Crippen LogP contribution in [-0.4, -0.2) is 11.0 Å². The van der Waals surface area contributed by atoms with E-state index in [0.717, 1.165) is 12.0 Å². The second kappa shape index (κ2) is 7.90. The maximum Gasteiger partial charge on any atom is 0.306 e. The van der Waals surface area contributed by atoms with Crippen LogP contribution in [0.3, 0.4) is 0 Å². The van der Waals surface area contributed by atoms with Crippen molar-refractivity contribution in [1.29, 1.82) is 0 Å². The van der Waals surface area contributed by atoms with Crippen LogP contribution in [0.1, 0.15) is 39.5 Å². The fraction of sp³-hybridized carbons (Fsp3) is 0.444. The van der Waals surface area contributed by atoms with Gasteiger partial charge in [0.25, 0.3) is 0 Å². The van der Waals surface area contributed by atoms with Crippen LogP contribution in [-0.2, 0) is 16.1 Å². The van der Waals surface area contributed by atoms with E-state index < -0.39 is 0 Å². The molecule has 1 aromatic carbocycles. The molecule has 1 heterocycles. The summed E-state index contributed by atoms with van der Waals surface area (Å²) >= 11 is 0. The fourth-order valence-corrected chi connectivity index (χ4v) is 2.50. The summed E-state index contributed by atoms with van der Waals surface area (Å²) in [5.74, 6) is 1.14. The normalized spacial score (nSPS) is 12.4. The van der Waals surface area contributed by atoms with Crippen LogP contribution >= 0.6 is 0 Å². The van der Waals surface area contributed by atoms with E-state index in [0.29, 0.717) is 29.9 Å². The second-order valence-corrected chi connectivity index (χ2v) is 6.22. The summed E-state index contributed by atoms with van der Waals surface area (Å²) in [6.07, 6.45) is 2.92. The van der Waals surface area contributed by atoms with Gasteiger partial charge < -0.3 is 9.15 Å². The Morgan fingerprint density at radius 1 is 1.26 bits per heavy atom.